The molecule has 0 aliphatic rings. The molecule has 1 heterocycles. The Morgan fingerprint density at radius 1 is 1.00 bits per heavy atom. The van der Waals surface area contributed by atoms with Crippen LogP contribution in [0.3, 0.4) is 0 Å². The number of aryl methyl sites for hydroxylation is 1. The van der Waals surface area contributed by atoms with Crippen LogP contribution in [0, 0.1) is 0 Å². The lowest BCUT2D eigenvalue weighted by Gasteiger charge is -2.20. The number of rotatable bonds is 6. The van der Waals surface area contributed by atoms with E-state index in [1.54, 1.807) is 0 Å². The zero-order valence-corrected chi connectivity index (χ0v) is 14.3. The summed E-state index contributed by atoms with van der Waals surface area (Å²) in [5.41, 5.74) is 4.07. The zero-order chi connectivity index (χ0) is 16.2. The Morgan fingerprint density at radius 3 is 2.52 bits per heavy atom. The van der Waals surface area contributed by atoms with Gasteiger partial charge in [-0.25, -0.2) is 0 Å². The van der Waals surface area contributed by atoms with Gasteiger partial charge in [-0.05, 0) is 61.9 Å². The van der Waals surface area contributed by atoms with Crippen LogP contribution in [-0.4, -0.2) is 10.6 Å². The third-order valence-corrected chi connectivity index (χ3v) is 4.55. The second-order valence-electron chi connectivity index (χ2n) is 6.40. The lowest BCUT2D eigenvalue weighted by Crippen LogP contribution is -2.30. The van der Waals surface area contributed by atoms with Crippen molar-refractivity contribution in [2.24, 2.45) is 0 Å². The molecule has 3 rings (SSSR count). The van der Waals surface area contributed by atoms with Gasteiger partial charge in [0.2, 0.25) is 0 Å². The van der Waals surface area contributed by atoms with E-state index in [2.05, 4.69) is 91.4 Å². The van der Waals surface area contributed by atoms with Gasteiger partial charge in [0.15, 0.2) is 0 Å². The minimum Gasteiger partial charge on any atom is -0.348 e. The summed E-state index contributed by atoms with van der Waals surface area (Å²) in [4.78, 5) is 0. The van der Waals surface area contributed by atoms with Gasteiger partial charge in [-0.3, -0.25) is 0 Å². The minimum absolute atomic E-state index is 0.371. The number of benzene rings is 2. The first kappa shape index (κ1) is 15.8. The number of nitrogens with zero attached hydrogens (tertiary/aromatic N) is 1. The predicted molar refractivity (Wildman–Crippen MR) is 98.8 cm³/mol. The van der Waals surface area contributed by atoms with Crippen LogP contribution in [0.4, 0.5) is 0 Å². The highest BCUT2D eigenvalue weighted by Crippen LogP contribution is 2.19. The third-order valence-electron chi connectivity index (χ3n) is 4.55. The molecule has 2 heteroatoms. The van der Waals surface area contributed by atoms with Crippen molar-refractivity contribution in [2.75, 3.05) is 0 Å². The first-order chi connectivity index (χ1) is 11.2. The van der Waals surface area contributed by atoms with E-state index in [0.717, 1.165) is 13.0 Å². The van der Waals surface area contributed by atoms with Crippen LogP contribution in [0.2, 0.25) is 0 Å². The van der Waals surface area contributed by atoms with Gasteiger partial charge in [0, 0.05) is 30.3 Å². The highest BCUT2D eigenvalue weighted by Gasteiger charge is 2.10. The lowest BCUT2D eigenvalue weighted by molar-refractivity contribution is 0.477. The van der Waals surface area contributed by atoms with Gasteiger partial charge >= 0.3 is 0 Å². The fourth-order valence-electron chi connectivity index (χ4n) is 3.33. The van der Waals surface area contributed by atoms with Crippen LogP contribution >= 0.6 is 0 Å². The Balaban J connectivity index is 1.66. The summed E-state index contributed by atoms with van der Waals surface area (Å²) in [6.45, 7) is 7.71. The fourth-order valence-corrected chi connectivity index (χ4v) is 3.33. The van der Waals surface area contributed by atoms with E-state index in [1.807, 2.05) is 0 Å². The molecule has 2 atom stereocenters. The van der Waals surface area contributed by atoms with Crippen LogP contribution in [0.25, 0.3) is 10.9 Å². The van der Waals surface area contributed by atoms with Gasteiger partial charge in [0.05, 0.1) is 0 Å². The van der Waals surface area contributed by atoms with E-state index >= 15 is 0 Å². The number of hydrogen-bond donors (Lipinski definition) is 1. The Morgan fingerprint density at radius 2 is 1.78 bits per heavy atom. The molecular formula is C21H26N2. The summed E-state index contributed by atoms with van der Waals surface area (Å²) in [7, 11) is 0. The first-order valence-electron chi connectivity index (χ1n) is 8.56. The molecule has 2 aromatic carbocycles. The molecule has 0 amide bonds. The summed E-state index contributed by atoms with van der Waals surface area (Å²) >= 11 is 0. The van der Waals surface area contributed by atoms with E-state index < -0.39 is 0 Å². The van der Waals surface area contributed by atoms with E-state index in [-0.39, 0.29) is 0 Å². The standard InChI is InChI=1S/C21H26N2/c1-4-23-13-12-20-15-18(10-11-21(20)23)14-16(2)22-17(3)19-8-6-5-7-9-19/h5-13,15-17,22H,4,14H2,1-3H3/t16-,17-/m1/s1. The van der Waals surface area contributed by atoms with Crippen molar-refractivity contribution in [3.05, 3.63) is 71.9 Å². The summed E-state index contributed by atoms with van der Waals surface area (Å²) in [5, 5.41) is 5.04. The molecule has 0 saturated heterocycles. The van der Waals surface area contributed by atoms with Gasteiger partial charge in [-0.15, -0.1) is 0 Å². The molecule has 3 aromatic rings. The predicted octanol–water partition coefficient (Wildman–Crippen LogP) is 4.94. The molecular weight excluding hydrogens is 280 g/mol. The molecule has 0 radical (unpaired) electrons. The smallest absolute Gasteiger partial charge is 0.0480 e. The average molecular weight is 306 g/mol. The Hall–Kier alpha value is -2.06. The fraction of sp³-hybridized carbons (Fsp3) is 0.333. The van der Waals surface area contributed by atoms with Crippen molar-refractivity contribution >= 4 is 10.9 Å². The Kier molecular flexibility index (Phi) is 4.82. The van der Waals surface area contributed by atoms with Gasteiger partial charge in [0.1, 0.15) is 0 Å². The van der Waals surface area contributed by atoms with Gasteiger partial charge in [0.25, 0.3) is 0 Å². The molecule has 2 nitrogen and oxygen atoms in total. The quantitative estimate of drug-likeness (QED) is 0.682. The largest absolute Gasteiger partial charge is 0.348 e. The molecule has 0 spiro atoms. The van der Waals surface area contributed by atoms with E-state index in [9.17, 15) is 0 Å². The SMILES string of the molecule is CCn1ccc2cc(C[C@@H](C)N[C@H](C)c3ccccc3)ccc21. The normalized spacial score (nSPS) is 14.0. The van der Waals surface area contributed by atoms with E-state index in [1.165, 1.54) is 22.0 Å². The molecule has 0 unspecified atom stereocenters. The number of aromatic nitrogens is 1. The number of hydrogen-bond acceptors (Lipinski definition) is 1. The highest BCUT2D eigenvalue weighted by molar-refractivity contribution is 5.80. The van der Waals surface area contributed by atoms with E-state index in [0.29, 0.717) is 12.1 Å². The molecule has 23 heavy (non-hydrogen) atoms. The summed E-state index contributed by atoms with van der Waals surface area (Å²) in [5.74, 6) is 0. The number of nitrogens with one attached hydrogen (secondary N) is 1. The first-order valence-corrected chi connectivity index (χ1v) is 8.56. The minimum atomic E-state index is 0.371. The van der Waals surface area contributed by atoms with Crippen molar-refractivity contribution in [1.29, 1.82) is 0 Å². The maximum Gasteiger partial charge on any atom is 0.0480 e. The maximum atomic E-state index is 3.70. The molecule has 0 saturated carbocycles. The molecule has 120 valence electrons. The summed E-state index contributed by atoms with van der Waals surface area (Å²) in [6.07, 6.45) is 3.22. The Bertz CT molecular complexity index is 758. The van der Waals surface area contributed by atoms with Gasteiger partial charge < -0.3 is 9.88 Å². The average Bonchev–Trinajstić information content (AvgIpc) is 2.97. The van der Waals surface area contributed by atoms with Crippen molar-refractivity contribution in [2.45, 2.75) is 45.8 Å². The van der Waals surface area contributed by atoms with Gasteiger partial charge in [-0.1, -0.05) is 36.4 Å². The molecule has 0 aliphatic carbocycles. The van der Waals surface area contributed by atoms with Crippen LogP contribution in [0.5, 0.6) is 0 Å². The van der Waals surface area contributed by atoms with E-state index in [4.69, 9.17) is 0 Å². The summed E-state index contributed by atoms with van der Waals surface area (Å²) in [6, 6.07) is 20.5. The Labute approximate surface area is 139 Å². The molecule has 1 aromatic heterocycles. The lowest BCUT2D eigenvalue weighted by atomic mass is 10.0. The molecule has 0 fully saturated rings. The van der Waals surface area contributed by atoms with Crippen molar-refractivity contribution < 1.29 is 0 Å². The van der Waals surface area contributed by atoms with Crippen LogP contribution < -0.4 is 5.32 Å². The molecule has 0 aliphatic heterocycles. The van der Waals surface area contributed by atoms with Gasteiger partial charge in [-0.2, -0.15) is 0 Å². The topological polar surface area (TPSA) is 17.0 Å². The molecule has 1 N–H and O–H groups in total. The monoisotopic (exact) mass is 306 g/mol. The second kappa shape index (κ2) is 7.01. The van der Waals surface area contributed by atoms with Crippen molar-refractivity contribution in [3.63, 3.8) is 0 Å². The second-order valence-corrected chi connectivity index (χ2v) is 6.40. The highest BCUT2D eigenvalue weighted by atomic mass is 14.9. The molecule has 0 bridgehead atoms. The van der Waals surface area contributed by atoms with Crippen molar-refractivity contribution in [1.82, 2.24) is 9.88 Å². The van der Waals surface area contributed by atoms with Crippen molar-refractivity contribution in [3.8, 4) is 0 Å². The maximum absolute atomic E-state index is 3.70. The van der Waals surface area contributed by atoms with Crippen LogP contribution in [0.15, 0.2) is 60.8 Å². The number of fused-ring (bicyclic) bond motifs is 1. The summed E-state index contributed by atoms with van der Waals surface area (Å²) < 4.78 is 2.29. The van der Waals surface area contributed by atoms with Crippen LogP contribution in [-0.2, 0) is 13.0 Å². The zero-order valence-electron chi connectivity index (χ0n) is 14.3. The third kappa shape index (κ3) is 3.65. The van der Waals surface area contributed by atoms with Crippen LogP contribution in [0.1, 0.15) is 37.9 Å².